The predicted octanol–water partition coefficient (Wildman–Crippen LogP) is 5.46. The van der Waals surface area contributed by atoms with Crippen LogP contribution < -0.4 is 0 Å². The quantitative estimate of drug-likeness (QED) is 0.498. The summed E-state index contributed by atoms with van der Waals surface area (Å²) in [7, 11) is 2.06. The highest BCUT2D eigenvalue weighted by molar-refractivity contribution is 6.04. The number of benzene rings is 2. The van der Waals surface area contributed by atoms with Crippen molar-refractivity contribution >= 4 is 11.9 Å². The molecule has 0 amide bonds. The third kappa shape index (κ3) is 3.34. The summed E-state index contributed by atoms with van der Waals surface area (Å²) in [5, 5.41) is 7.14. The molecular formula is C30H32FN5. The fourth-order valence-electron chi connectivity index (χ4n) is 6.52. The van der Waals surface area contributed by atoms with Gasteiger partial charge in [0.2, 0.25) is 0 Å². The molecule has 184 valence electrons. The maximum atomic E-state index is 13.8. The topological polar surface area (TPSA) is 36.7 Å². The van der Waals surface area contributed by atoms with Gasteiger partial charge < -0.3 is 9.47 Å². The number of piperidine rings is 1. The zero-order chi connectivity index (χ0) is 24.7. The number of fused-ring (bicyclic) bond motifs is 2. The molecule has 6 heteroatoms. The number of rotatable bonds is 3. The summed E-state index contributed by atoms with van der Waals surface area (Å²) in [6, 6.07) is 11.6. The van der Waals surface area contributed by atoms with Gasteiger partial charge in [-0.2, -0.15) is 5.10 Å². The van der Waals surface area contributed by atoms with Crippen LogP contribution in [-0.4, -0.2) is 45.4 Å². The Morgan fingerprint density at radius 3 is 2.44 bits per heavy atom. The fourth-order valence-corrected chi connectivity index (χ4v) is 6.52. The van der Waals surface area contributed by atoms with Gasteiger partial charge in [0.05, 0.1) is 24.1 Å². The van der Waals surface area contributed by atoms with Crippen molar-refractivity contribution in [2.24, 2.45) is 10.5 Å². The van der Waals surface area contributed by atoms with E-state index in [1.54, 1.807) is 12.1 Å². The molecule has 2 aromatic carbocycles. The molecule has 0 bridgehead atoms. The van der Waals surface area contributed by atoms with Gasteiger partial charge in [0.15, 0.2) is 5.84 Å². The molecule has 1 aromatic heterocycles. The molecule has 1 atom stereocenters. The van der Waals surface area contributed by atoms with Crippen molar-refractivity contribution in [3.05, 3.63) is 88.3 Å². The Morgan fingerprint density at radius 2 is 1.78 bits per heavy atom. The Bertz CT molecular complexity index is 1430. The van der Waals surface area contributed by atoms with Crippen molar-refractivity contribution < 1.29 is 4.39 Å². The standard InChI is InChI=1S/C30H32FN5/c1-20-16-35(19-32-20)27-11-4-21(25-9-10-26(25)27)14-22-15-30(12-13-30)18-36-28(22)33-34(3)17-29(36,2)23-5-7-24(31)8-6-23/h4-8,11,14,16,19H,9-10,12-13,15,17-18H2,1-3H3/b22-14+. The Hall–Kier alpha value is -3.41. The van der Waals surface area contributed by atoms with E-state index in [-0.39, 0.29) is 11.4 Å². The Labute approximate surface area is 211 Å². The largest absolute Gasteiger partial charge is 0.343 e. The first kappa shape index (κ1) is 21.8. The van der Waals surface area contributed by atoms with E-state index < -0.39 is 0 Å². The van der Waals surface area contributed by atoms with Gasteiger partial charge in [0.1, 0.15) is 5.82 Å². The van der Waals surface area contributed by atoms with E-state index in [2.05, 4.69) is 57.8 Å². The highest BCUT2D eigenvalue weighted by Gasteiger charge is 2.54. The molecule has 1 unspecified atom stereocenters. The minimum Gasteiger partial charge on any atom is -0.343 e. The second-order valence-electron chi connectivity index (χ2n) is 11.5. The van der Waals surface area contributed by atoms with Gasteiger partial charge in [-0.25, -0.2) is 9.37 Å². The Balaban J connectivity index is 1.31. The number of amidine groups is 1. The lowest BCUT2D eigenvalue weighted by molar-refractivity contribution is 0.0789. The summed E-state index contributed by atoms with van der Waals surface area (Å²) in [6.07, 6.45) is 12.3. The SMILES string of the molecule is Cc1cn(-c2ccc(/C=C3\CC4(CC4)CN4C3=NN(C)CC4(C)c3ccc(F)cc3)c3c2CC3)cn1. The number of hydrogen-bond acceptors (Lipinski definition) is 4. The van der Waals surface area contributed by atoms with Crippen LogP contribution in [0.15, 0.2) is 59.6 Å². The van der Waals surface area contributed by atoms with Gasteiger partial charge in [-0.05, 0) is 103 Å². The minimum absolute atomic E-state index is 0.189. The van der Waals surface area contributed by atoms with Crippen LogP contribution in [0.1, 0.15) is 54.1 Å². The number of imidazole rings is 1. The van der Waals surface area contributed by atoms with Crippen molar-refractivity contribution in [1.29, 1.82) is 0 Å². The first-order valence-corrected chi connectivity index (χ1v) is 13.0. The van der Waals surface area contributed by atoms with Gasteiger partial charge >= 0.3 is 0 Å². The van der Waals surface area contributed by atoms with Crippen LogP contribution in [0.3, 0.4) is 0 Å². The van der Waals surface area contributed by atoms with Gasteiger partial charge in [-0.1, -0.05) is 18.2 Å². The molecule has 1 saturated heterocycles. The van der Waals surface area contributed by atoms with Gasteiger partial charge in [-0.3, -0.25) is 5.01 Å². The van der Waals surface area contributed by atoms with Crippen LogP contribution in [0.2, 0.25) is 0 Å². The number of likely N-dealkylation sites (N-methyl/N-ethyl adjacent to an activating group) is 1. The number of aromatic nitrogens is 2. The summed E-state index contributed by atoms with van der Waals surface area (Å²) in [5.74, 6) is 0.890. The van der Waals surface area contributed by atoms with E-state index in [9.17, 15) is 4.39 Å². The van der Waals surface area contributed by atoms with Gasteiger partial charge in [0.25, 0.3) is 0 Å². The smallest absolute Gasteiger partial charge is 0.152 e. The van der Waals surface area contributed by atoms with E-state index >= 15 is 0 Å². The molecule has 2 aliphatic heterocycles. The fraction of sp³-hybridized carbons (Fsp3) is 0.400. The number of halogens is 1. The zero-order valence-corrected chi connectivity index (χ0v) is 21.3. The van der Waals surface area contributed by atoms with Crippen LogP contribution >= 0.6 is 0 Å². The predicted molar refractivity (Wildman–Crippen MR) is 140 cm³/mol. The molecule has 5 nitrogen and oxygen atoms in total. The maximum absolute atomic E-state index is 13.8. The molecule has 4 aliphatic rings. The molecule has 0 radical (unpaired) electrons. The number of hydrogen-bond donors (Lipinski definition) is 0. The molecule has 3 aromatic rings. The third-order valence-electron chi connectivity index (χ3n) is 8.81. The van der Waals surface area contributed by atoms with Gasteiger partial charge in [-0.15, -0.1) is 0 Å². The molecule has 1 spiro atoms. The van der Waals surface area contributed by atoms with E-state index in [1.807, 2.05) is 25.4 Å². The van der Waals surface area contributed by atoms with Crippen molar-refractivity contribution in [2.45, 2.75) is 51.5 Å². The van der Waals surface area contributed by atoms with Crippen LogP contribution in [0.5, 0.6) is 0 Å². The van der Waals surface area contributed by atoms with Crippen molar-refractivity contribution in [3.63, 3.8) is 0 Å². The Morgan fingerprint density at radius 1 is 1.00 bits per heavy atom. The summed E-state index contributed by atoms with van der Waals surface area (Å²) in [5.41, 5.74) is 9.06. The van der Waals surface area contributed by atoms with Crippen molar-refractivity contribution in [1.82, 2.24) is 19.5 Å². The second-order valence-corrected chi connectivity index (χ2v) is 11.5. The molecule has 36 heavy (non-hydrogen) atoms. The molecule has 7 rings (SSSR count). The number of hydrazone groups is 1. The van der Waals surface area contributed by atoms with Gasteiger partial charge in [0, 0.05) is 25.5 Å². The summed E-state index contributed by atoms with van der Waals surface area (Å²) >= 11 is 0. The highest BCUT2D eigenvalue weighted by atomic mass is 19.1. The van der Waals surface area contributed by atoms with Crippen molar-refractivity contribution in [3.8, 4) is 5.69 Å². The van der Waals surface area contributed by atoms with Crippen molar-refractivity contribution in [2.75, 3.05) is 20.1 Å². The van der Waals surface area contributed by atoms with Crippen LogP contribution in [0.25, 0.3) is 11.8 Å². The normalized spacial score (nSPS) is 24.9. The molecule has 3 heterocycles. The van der Waals surface area contributed by atoms with E-state index in [4.69, 9.17) is 5.10 Å². The first-order chi connectivity index (χ1) is 17.3. The lowest BCUT2D eigenvalue weighted by Gasteiger charge is -2.52. The lowest BCUT2D eigenvalue weighted by atomic mass is 9.79. The average Bonchev–Trinajstić information content (AvgIpc) is 3.42. The molecular weight excluding hydrogens is 449 g/mol. The van der Waals surface area contributed by atoms with Crippen LogP contribution in [0.4, 0.5) is 4.39 Å². The molecule has 2 fully saturated rings. The first-order valence-electron chi connectivity index (χ1n) is 13.0. The zero-order valence-electron chi connectivity index (χ0n) is 21.3. The van der Waals surface area contributed by atoms with E-state index in [1.165, 1.54) is 40.8 Å². The average molecular weight is 482 g/mol. The maximum Gasteiger partial charge on any atom is 0.152 e. The molecule has 0 N–H and O–H groups in total. The lowest BCUT2D eigenvalue weighted by Crippen LogP contribution is -2.60. The summed E-state index contributed by atoms with van der Waals surface area (Å²) in [6.45, 7) is 6.12. The minimum atomic E-state index is -0.261. The monoisotopic (exact) mass is 481 g/mol. The number of aryl methyl sites for hydroxylation is 1. The third-order valence-corrected chi connectivity index (χ3v) is 8.81. The van der Waals surface area contributed by atoms with Crippen LogP contribution in [-0.2, 0) is 18.4 Å². The molecule has 2 aliphatic carbocycles. The van der Waals surface area contributed by atoms with E-state index in [0.717, 1.165) is 49.4 Å². The number of nitrogens with zero attached hydrogens (tertiary/aromatic N) is 5. The summed E-state index contributed by atoms with van der Waals surface area (Å²) in [4.78, 5) is 6.95. The van der Waals surface area contributed by atoms with E-state index in [0.29, 0.717) is 5.41 Å². The highest BCUT2D eigenvalue weighted by Crippen LogP contribution is 2.56. The summed E-state index contributed by atoms with van der Waals surface area (Å²) < 4.78 is 15.9. The second kappa shape index (κ2) is 7.55. The van der Waals surface area contributed by atoms with Crippen LogP contribution in [0, 0.1) is 18.2 Å². The molecule has 1 saturated carbocycles. The Kier molecular flexibility index (Phi) is 4.58.